The van der Waals surface area contributed by atoms with Crippen molar-refractivity contribution in [2.24, 2.45) is 0 Å². The number of anilines is 1. The van der Waals surface area contributed by atoms with E-state index >= 15 is 0 Å². The predicted octanol–water partition coefficient (Wildman–Crippen LogP) is 3.98. The summed E-state index contributed by atoms with van der Waals surface area (Å²) < 4.78 is 6.27. The second-order valence-corrected chi connectivity index (χ2v) is 5.58. The molecule has 20 heavy (non-hydrogen) atoms. The molecule has 4 heteroatoms. The van der Waals surface area contributed by atoms with Gasteiger partial charge in [-0.25, -0.2) is 0 Å². The topological polar surface area (TPSA) is 38.3 Å². The number of benzene rings is 2. The van der Waals surface area contributed by atoms with Gasteiger partial charge in [-0.05, 0) is 71.1 Å². The molecule has 0 aliphatic rings. The average molecular weight is 381 g/mol. The van der Waals surface area contributed by atoms with E-state index in [0.717, 1.165) is 17.0 Å². The Bertz CT molecular complexity index is 564. The number of hydrogen-bond acceptors (Lipinski definition) is 3. The van der Waals surface area contributed by atoms with Gasteiger partial charge in [0.05, 0.1) is 7.11 Å². The van der Waals surface area contributed by atoms with Crippen molar-refractivity contribution < 1.29 is 9.53 Å². The first-order valence-electron chi connectivity index (χ1n) is 6.36. The number of carbonyl (C=O) groups is 1. The van der Waals surface area contributed by atoms with Crippen molar-refractivity contribution in [1.29, 1.82) is 0 Å². The van der Waals surface area contributed by atoms with Crippen LogP contribution < -0.4 is 10.1 Å². The number of Topliss-reactive ketones (excluding diaryl/α,β-unsaturated/α-hetero) is 1. The molecule has 0 saturated carbocycles. The molecule has 2 rings (SSSR count). The summed E-state index contributed by atoms with van der Waals surface area (Å²) in [6.07, 6.45) is 0.471. The van der Waals surface area contributed by atoms with Crippen molar-refractivity contribution in [3.63, 3.8) is 0 Å². The molecular formula is C16H16INO2. The quantitative estimate of drug-likeness (QED) is 0.608. The number of carbonyl (C=O) groups excluding carboxylic acids is 1. The molecule has 0 aliphatic carbocycles. The van der Waals surface area contributed by atoms with E-state index in [1.807, 2.05) is 24.3 Å². The molecule has 0 spiro atoms. The van der Waals surface area contributed by atoms with Crippen LogP contribution in [0.4, 0.5) is 5.69 Å². The van der Waals surface area contributed by atoms with E-state index < -0.39 is 0 Å². The van der Waals surface area contributed by atoms with Gasteiger partial charge in [-0.2, -0.15) is 0 Å². The van der Waals surface area contributed by atoms with Crippen molar-refractivity contribution in [1.82, 2.24) is 0 Å². The Morgan fingerprint density at radius 1 is 1.10 bits per heavy atom. The van der Waals surface area contributed by atoms with Gasteiger partial charge in [0.1, 0.15) is 5.75 Å². The Kier molecular flexibility index (Phi) is 5.40. The van der Waals surface area contributed by atoms with Crippen LogP contribution >= 0.6 is 22.6 Å². The van der Waals surface area contributed by atoms with Crippen LogP contribution in [0.25, 0.3) is 0 Å². The first-order valence-corrected chi connectivity index (χ1v) is 7.43. The molecule has 0 fully saturated rings. The lowest BCUT2D eigenvalue weighted by molar-refractivity contribution is 0.0986. The van der Waals surface area contributed by atoms with Gasteiger partial charge < -0.3 is 10.1 Å². The zero-order valence-electron chi connectivity index (χ0n) is 11.2. The number of ketones is 1. The molecule has 0 aromatic heterocycles. The van der Waals surface area contributed by atoms with E-state index in [1.54, 1.807) is 31.4 Å². The highest BCUT2D eigenvalue weighted by Gasteiger charge is 2.05. The highest BCUT2D eigenvalue weighted by molar-refractivity contribution is 14.1. The number of rotatable bonds is 6. The van der Waals surface area contributed by atoms with E-state index in [1.165, 1.54) is 3.57 Å². The normalized spacial score (nSPS) is 10.1. The second-order valence-electron chi connectivity index (χ2n) is 4.34. The molecule has 1 N–H and O–H groups in total. The first kappa shape index (κ1) is 14.8. The fourth-order valence-electron chi connectivity index (χ4n) is 1.81. The molecule has 0 amide bonds. The van der Waals surface area contributed by atoms with Gasteiger partial charge in [0.15, 0.2) is 5.78 Å². The molecular weight excluding hydrogens is 365 g/mol. The highest BCUT2D eigenvalue weighted by Crippen LogP contribution is 2.14. The average Bonchev–Trinajstić information content (AvgIpc) is 2.49. The van der Waals surface area contributed by atoms with E-state index in [0.29, 0.717) is 13.0 Å². The third-order valence-corrected chi connectivity index (χ3v) is 3.66. The minimum absolute atomic E-state index is 0.130. The molecule has 0 bridgehead atoms. The Hall–Kier alpha value is -1.56. The number of methoxy groups -OCH3 is 1. The summed E-state index contributed by atoms with van der Waals surface area (Å²) in [4.78, 5) is 12.0. The number of hydrogen-bond donors (Lipinski definition) is 1. The second kappa shape index (κ2) is 7.28. The van der Waals surface area contributed by atoms with Gasteiger partial charge in [-0.1, -0.05) is 0 Å². The van der Waals surface area contributed by atoms with Gasteiger partial charge >= 0.3 is 0 Å². The summed E-state index contributed by atoms with van der Waals surface area (Å²) in [5.41, 5.74) is 1.75. The maximum atomic E-state index is 12.0. The van der Waals surface area contributed by atoms with Gasteiger partial charge in [0, 0.05) is 27.8 Å². The summed E-state index contributed by atoms with van der Waals surface area (Å²) in [6.45, 7) is 0.630. The molecule has 2 aromatic rings. The largest absolute Gasteiger partial charge is 0.497 e. The highest BCUT2D eigenvalue weighted by atomic mass is 127. The molecule has 0 atom stereocenters. The lowest BCUT2D eigenvalue weighted by atomic mass is 10.1. The molecule has 2 aromatic carbocycles. The Morgan fingerprint density at radius 2 is 1.75 bits per heavy atom. The fourth-order valence-corrected chi connectivity index (χ4v) is 2.17. The van der Waals surface area contributed by atoms with Crippen molar-refractivity contribution >= 4 is 34.1 Å². The number of nitrogens with one attached hydrogen (secondary N) is 1. The Balaban J connectivity index is 1.83. The standard InChI is InChI=1S/C16H16INO2/c1-20-15-8-2-12(3-9-15)16(19)10-11-18-14-6-4-13(17)5-7-14/h2-9,18H,10-11H2,1H3. The van der Waals surface area contributed by atoms with Crippen molar-refractivity contribution in [2.75, 3.05) is 19.0 Å². The minimum atomic E-state index is 0.130. The molecule has 0 aliphatic heterocycles. The van der Waals surface area contributed by atoms with E-state index in [2.05, 4.69) is 27.9 Å². The van der Waals surface area contributed by atoms with Crippen LogP contribution in [-0.4, -0.2) is 19.4 Å². The first-order chi connectivity index (χ1) is 9.69. The summed E-state index contributed by atoms with van der Waals surface area (Å²) in [6, 6.07) is 15.3. The summed E-state index contributed by atoms with van der Waals surface area (Å²) in [5, 5.41) is 3.25. The van der Waals surface area contributed by atoms with Crippen LogP contribution in [0.5, 0.6) is 5.75 Å². The third-order valence-electron chi connectivity index (χ3n) is 2.94. The van der Waals surface area contributed by atoms with Gasteiger partial charge in [-0.3, -0.25) is 4.79 Å². The molecule has 0 unspecified atom stereocenters. The van der Waals surface area contributed by atoms with Crippen LogP contribution in [0, 0.1) is 3.57 Å². The van der Waals surface area contributed by atoms with Gasteiger partial charge in [0.2, 0.25) is 0 Å². The number of ether oxygens (including phenoxy) is 1. The third kappa shape index (κ3) is 4.23. The smallest absolute Gasteiger partial charge is 0.164 e. The Labute approximate surface area is 132 Å². The van der Waals surface area contributed by atoms with Crippen LogP contribution in [0.2, 0.25) is 0 Å². The minimum Gasteiger partial charge on any atom is -0.497 e. The maximum absolute atomic E-state index is 12.0. The van der Waals surface area contributed by atoms with Crippen LogP contribution in [0.15, 0.2) is 48.5 Å². The summed E-state index contributed by atoms with van der Waals surface area (Å²) in [5.74, 6) is 0.893. The van der Waals surface area contributed by atoms with Crippen LogP contribution in [0.1, 0.15) is 16.8 Å². The SMILES string of the molecule is COc1ccc(C(=O)CCNc2ccc(I)cc2)cc1. The van der Waals surface area contributed by atoms with Crippen molar-refractivity contribution in [3.05, 3.63) is 57.7 Å². The lowest BCUT2D eigenvalue weighted by Crippen LogP contribution is -2.08. The lowest BCUT2D eigenvalue weighted by Gasteiger charge is -2.06. The molecule has 0 radical (unpaired) electrons. The van der Waals surface area contributed by atoms with Gasteiger partial charge in [-0.15, -0.1) is 0 Å². The van der Waals surface area contributed by atoms with Crippen LogP contribution in [0.3, 0.4) is 0 Å². The Morgan fingerprint density at radius 3 is 2.35 bits per heavy atom. The fraction of sp³-hybridized carbons (Fsp3) is 0.188. The van der Waals surface area contributed by atoms with E-state index in [4.69, 9.17) is 4.74 Å². The zero-order chi connectivity index (χ0) is 14.4. The molecule has 3 nitrogen and oxygen atoms in total. The monoisotopic (exact) mass is 381 g/mol. The van der Waals surface area contributed by atoms with E-state index in [-0.39, 0.29) is 5.78 Å². The summed E-state index contributed by atoms with van der Waals surface area (Å²) >= 11 is 2.27. The molecule has 104 valence electrons. The summed E-state index contributed by atoms with van der Waals surface area (Å²) in [7, 11) is 1.61. The molecule has 0 saturated heterocycles. The van der Waals surface area contributed by atoms with Crippen molar-refractivity contribution in [3.8, 4) is 5.75 Å². The molecule has 0 heterocycles. The zero-order valence-corrected chi connectivity index (χ0v) is 13.4. The van der Waals surface area contributed by atoms with Crippen molar-refractivity contribution in [2.45, 2.75) is 6.42 Å². The van der Waals surface area contributed by atoms with Gasteiger partial charge in [0.25, 0.3) is 0 Å². The predicted molar refractivity (Wildman–Crippen MR) is 89.6 cm³/mol. The van der Waals surface area contributed by atoms with E-state index in [9.17, 15) is 4.79 Å². The maximum Gasteiger partial charge on any atom is 0.164 e. The number of halogens is 1. The van der Waals surface area contributed by atoms with Crippen LogP contribution in [-0.2, 0) is 0 Å².